The smallest absolute Gasteiger partial charge is 0.150 e. The minimum atomic E-state index is -2.84. The molecule has 21 heavy (non-hydrogen) atoms. The Morgan fingerprint density at radius 1 is 1.33 bits per heavy atom. The zero-order valence-electron chi connectivity index (χ0n) is 14.5. The third-order valence-corrected chi connectivity index (χ3v) is 6.61. The van der Waals surface area contributed by atoms with Gasteiger partial charge in [0, 0.05) is 30.4 Å². The highest BCUT2D eigenvalue weighted by Crippen LogP contribution is 2.25. The number of hydrogen-bond acceptors (Lipinski definition) is 4. The molecule has 1 aliphatic rings. The van der Waals surface area contributed by atoms with Crippen LogP contribution in [0.15, 0.2) is 0 Å². The summed E-state index contributed by atoms with van der Waals surface area (Å²) in [6, 6.07) is 0.535. The fourth-order valence-electron chi connectivity index (χ4n) is 3.08. The Bertz CT molecular complexity index is 409. The number of sulfone groups is 1. The average Bonchev–Trinajstić information content (AvgIpc) is 2.42. The molecule has 1 N–H and O–H groups in total. The first kappa shape index (κ1) is 18.9. The Morgan fingerprint density at radius 3 is 2.52 bits per heavy atom. The summed E-state index contributed by atoms with van der Waals surface area (Å²) in [5.41, 5.74) is 0.156. The van der Waals surface area contributed by atoms with Crippen molar-refractivity contribution in [2.45, 2.75) is 65.5 Å². The molecule has 0 radical (unpaired) electrons. The van der Waals surface area contributed by atoms with Crippen molar-refractivity contribution in [3.63, 3.8) is 0 Å². The van der Waals surface area contributed by atoms with E-state index in [0.29, 0.717) is 17.7 Å². The predicted octanol–water partition coefficient (Wildman–Crippen LogP) is 2.30. The van der Waals surface area contributed by atoms with Gasteiger partial charge in [0.15, 0.2) is 0 Å². The standard InChI is InChI=1S/C16H34N2O2S/c1-6-16(5)13-17-15(11-14(3)4)12-18(16)9-8-10-21(19,20)7-2/h14-15,17H,6-13H2,1-5H3. The number of hydrogen-bond donors (Lipinski definition) is 1. The van der Waals surface area contributed by atoms with Gasteiger partial charge in [0.2, 0.25) is 0 Å². The molecule has 1 aliphatic heterocycles. The minimum absolute atomic E-state index is 0.156. The number of piperazine rings is 1. The summed E-state index contributed by atoms with van der Waals surface area (Å²) in [7, 11) is -2.84. The molecule has 1 fully saturated rings. The van der Waals surface area contributed by atoms with Crippen molar-refractivity contribution in [3.05, 3.63) is 0 Å². The fourth-order valence-corrected chi connectivity index (χ4v) is 3.94. The maximum absolute atomic E-state index is 11.7. The molecule has 0 saturated carbocycles. The molecule has 0 aromatic carbocycles. The van der Waals surface area contributed by atoms with Gasteiger partial charge in [-0.3, -0.25) is 4.90 Å². The maximum atomic E-state index is 11.7. The summed E-state index contributed by atoms with van der Waals surface area (Å²) in [6.07, 6.45) is 3.03. The van der Waals surface area contributed by atoms with Crippen LogP contribution in [-0.2, 0) is 9.84 Å². The van der Waals surface area contributed by atoms with Crippen LogP contribution in [0.2, 0.25) is 0 Å². The first-order valence-electron chi connectivity index (χ1n) is 8.41. The van der Waals surface area contributed by atoms with E-state index in [4.69, 9.17) is 0 Å². The van der Waals surface area contributed by atoms with Gasteiger partial charge in [0.1, 0.15) is 9.84 Å². The zero-order chi connectivity index (χ0) is 16.1. The summed E-state index contributed by atoms with van der Waals surface area (Å²) in [5, 5.41) is 3.68. The molecule has 1 saturated heterocycles. The summed E-state index contributed by atoms with van der Waals surface area (Å²) in [5.74, 6) is 1.27. The summed E-state index contributed by atoms with van der Waals surface area (Å²) < 4.78 is 23.3. The first-order valence-corrected chi connectivity index (χ1v) is 10.2. The topological polar surface area (TPSA) is 49.4 Å². The highest BCUT2D eigenvalue weighted by molar-refractivity contribution is 7.91. The van der Waals surface area contributed by atoms with Crippen molar-refractivity contribution in [3.8, 4) is 0 Å². The highest BCUT2D eigenvalue weighted by Gasteiger charge is 2.36. The SMILES string of the molecule is CCC1(C)CNC(CC(C)C)CN1CCCS(=O)(=O)CC. The van der Waals surface area contributed by atoms with E-state index in [1.807, 2.05) is 0 Å². The second kappa shape index (κ2) is 7.93. The average molecular weight is 319 g/mol. The molecule has 126 valence electrons. The van der Waals surface area contributed by atoms with Gasteiger partial charge in [-0.2, -0.15) is 0 Å². The van der Waals surface area contributed by atoms with E-state index in [1.165, 1.54) is 6.42 Å². The van der Waals surface area contributed by atoms with E-state index in [-0.39, 0.29) is 11.3 Å². The molecule has 0 bridgehead atoms. The first-order chi connectivity index (χ1) is 9.72. The maximum Gasteiger partial charge on any atom is 0.150 e. The molecule has 0 aliphatic carbocycles. The van der Waals surface area contributed by atoms with Crippen LogP contribution in [-0.4, -0.2) is 56.0 Å². The molecular weight excluding hydrogens is 284 g/mol. The van der Waals surface area contributed by atoms with Crippen LogP contribution in [0.1, 0.15) is 53.9 Å². The predicted molar refractivity (Wildman–Crippen MR) is 90.5 cm³/mol. The van der Waals surface area contributed by atoms with Gasteiger partial charge in [-0.05, 0) is 38.6 Å². The molecule has 0 amide bonds. The Balaban J connectivity index is 2.60. The van der Waals surface area contributed by atoms with E-state index < -0.39 is 9.84 Å². The molecule has 5 heteroatoms. The van der Waals surface area contributed by atoms with Crippen molar-refractivity contribution in [2.75, 3.05) is 31.1 Å². The fraction of sp³-hybridized carbons (Fsp3) is 1.00. The molecule has 2 unspecified atom stereocenters. The van der Waals surface area contributed by atoms with Gasteiger partial charge in [-0.25, -0.2) is 8.42 Å². The van der Waals surface area contributed by atoms with Crippen LogP contribution >= 0.6 is 0 Å². The lowest BCUT2D eigenvalue weighted by atomic mass is 9.90. The molecule has 0 spiro atoms. The lowest BCUT2D eigenvalue weighted by Crippen LogP contribution is -2.63. The van der Waals surface area contributed by atoms with E-state index in [2.05, 4.69) is 37.9 Å². The lowest BCUT2D eigenvalue weighted by Gasteiger charge is -2.48. The Kier molecular flexibility index (Phi) is 7.14. The van der Waals surface area contributed by atoms with Crippen molar-refractivity contribution in [1.82, 2.24) is 10.2 Å². The quantitative estimate of drug-likeness (QED) is 0.746. The Labute approximate surface area is 131 Å². The third kappa shape index (κ3) is 5.87. The van der Waals surface area contributed by atoms with E-state index in [1.54, 1.807) is 6.92 Å². The summed E-state index contributed by atoms with van der Waals surface area (Å²) in [4.78, 5) is 2.52. The monoisotopic (exact) mass is 318 g/mol. The summed E-state index contributed by atoms with van der Waals surface area (Å²) >= 11 is 0. The van der Waals surface area contributed by atoms with E-state index >= 15 is 0 Å². The molecule has 2 atom stereocenters. The van der Waals surface area contributed by atoms with Crippen LogP contribution in [0.4, 0.5) is 0 Å². The second-order valence-electron chi connectivity index (χ2n) is 7.09. The minimum Gasteiger partial charge on any atom is -0.311 e. The van der Waals surface area contributed by atoms with Gasteiger partial charge in [-0.15, -0.1) is 0 Å². The summed E-state index contributed by atoms with van der Waals surface area (Å²) in [6.45, 7) is 13.7. The number of nitrogens with one attached hydrogen (secondary N) is 1. The second-order valence-corrected chi connectivity index (χ2v) is 9.57. The Hall–Kier alpha value is -0.130. The molecule has 4 nitrogen and oxygen atoms in total. The van der Waals surface area contributed by atoms with Gasteiger partial charge in [-0.1, -0.05) is 27.7 Å². The van der Waals surface area contributed by atoms with Gasteiger partial charge >= 0.3 is 0 Å². The van der Waals surface area contributed by atoms with Crippen molar-refractivity contribution >= 4 is 9.84 Å². The molecule has 0 aromatic heterocycles. The molecular formula is C16H34N2O2S. The number of rotatable bonds is 8. The zero-order valence-corrected chi connectivity index (χ0v) is 15.3. The normalized spacial score (nSPS) is 28.2. The number of nitrogens with zero attached hydrogens (tertiary/aromatic N) is 1. The van der Waals surface area contributed by atoms with Crippen molar-refractivity contribution < 1.29 is 8.42 Å². The van der Waals surface area contributed by atoms with E-state index in [9.17, 15) is 8.42 Å². The van der Waals surface area contributed by atoms with Gasteiger partial charge < -0.3 is 5.32 Å². The van der Waals surface area contributed by atoms with Crippen LogP contribution < -0.4 is 5.32 Å². The Morgan fingerprint density at radius 2 is 2.00 bits per heavy atom. The molecule has 0 aromatic rings. The molecule has 1 rings (SSSR count). The van der Waals surface area contributed by atoms with Crippen LogP contribution in [0, 0.1) is 5.92 Å². The van der Waals surface area contributed by atoms with E-state index in [0.717, 1.165) is 32.5 Å². The van der Waals surface area contributed by atoms with Gasteiger partial charge in [0.05, 0.1) is 5.75 Å². The third-order valence-electron chi connectivity index (χ3n) is 4.82. The van der Waals surface area contributed by atoms with Crippen LogP contribution in [0.25, 0.3) is 0 Å². The van der Waals surface area contributed by atoms with Crippen LogP contribution in [0.3, 0.4) is 0 Å². The highest BCUT2D eigenvalue weighted by atomic mass is 32.2. The van der Waals surface area contributed by atoms with Crippen molar-refractivity contribution in [1.29, 1.82) is 0 Å². The van der Waals surface area contributed by atoms with Gasteiger partial charge in [0.25, 0.3) is 0 Å². The molecule has 1 heterocycles. The van der Waals surface area contributed by atoms with Crippen LogP contribution in [0.5, 0.6) is 0 Å². The van der Waals surface area contributed by atoms with Crippen molar-refractivity contribution in [2.24, 2.45) is 5.92 Å². The lowest BCUT2D eigenvalue weighted by molar-refractivity contribution is 0.0447. The largest absolute Gasteiger partial charge is 0.311 e.